The molecule has 0 fully saturated rings. The van der Waals surface area contributed by atoms with Crippen molar-refractivity contribution >= 4 is 11.4 Å². The van der Waals surface area contributed by atoms with Crippen LogP contribution in [0.2, 0.25) is 0 Å². The summed E-state index contributed by atoms with van der Waals surface area (Å²) in [6.45, 7) is 0. The summed E-state index contributed by atoms with van der Waals surface area (Å²) in [6, 6.07) is 1.99. The van der Waals surface area contributed by atoms with E-state index in [2.05, 4.69) is 15.7 Å². The first-order valence-electron chi connectivity index (χ1n) is 3.79. The molecule has 1 aromatic heterocycles. The van der Waals surface area contributed by atoms with Gasteiger partial charge in [-0.25, -0.2) is 5.01 Å². The molecule has 66 valence electrons. The molecule has 0 saturated carbocycles. The molecule has 1 rings (SSSR count). The van der Waals surface area contributed by atoms with Crippen molar-refractivity contribution in [3.05, 3.63) is 18.5 Å². The lowest BCUT2D eigenvalue weighted by Gasteiger charge is -2.13. The second kappa shape index (κ2) is 3.92. The van der Waals surface area contributed by atoms with Gasteiger partial charge in [0.2, 0.25) is 0 Å². The van der Waals surface area contributed by atoms with Crippen molar-refractivity contribution < 1.29 is 0 Å². The maximum atomic E-state index is 4.06. The molecule has 2 N–H and O–H groups in total. The summed E-state index contributed by atoms with van der Waals surface area (Å²) in [4.78, 5) is 4.06. The van der Waals surface area contributed by atoms with Gasteiger partial charge in [0.05, 0.1) is 23.8 Å². The first kappa shape index (κ1) is 8.80. The van der Waals surface area contributed by atoms with E-state index in [1.807, 2.05) is 32.2 Å². The second-order valence-electron chi connectivity index (χ2n) is 2.72. The van der Waals surface area contributed by atoms with Gasteiger partial charge in [-0.1, -0.05) is 0 Å². The molecule has 0 spiro atoms. The summed E-state index contributed by atoms with van der Waals surface area (Å²) in [5, 5.41) is 4.89. The van der Waals surface area contributed by atoms with Crippen LogP contribution in [-0.2, 0) is 0 Å². The summed E-state index contributed by atoms with van der Waals surface area (Å²) < 4.78 is 0. The second-order valence-corrected chi connectivity index (χ2v) is 2.72. The SMILES string of the molecule is CNc1cncc(NN(C)C)c1. The van der Waals surface area contributed by atoms with Crippen molar-refractivity contribution in [3.8, 4) is 0 Å². The van der Waals surface area contributed by atoms with E-state index < -0.39 is 0 Å². The molecule has 1 heterocycles. The molecular weight excluding hydrogens is 152 g/mol. The van der Waals surface area contributed by atoms with Gasteiger partial charge in [-0.15, -0.1) is 0 Å². The highest BCUT2D eigenvalue weighted by atomic mass is 15.5. The Balaban J connectivity index is 2.72. The summed E-state index contributed by atoms with van der Waals surface area (Å²) in [5.74, 6) is 0. The predicted molar refractivity (Wildman–Crippen MR) is 51.1 cm³/mol. The molecule has 0 aliphatic rings. The van der Waals surface area contributed by atoms with E-state index in [4.69, 9.17) is 0 Å². The van der Waals surface area contributed by atoms with E-state index in [0.717, 1.165) is 11.4 Å². The van der Waals surface area contributed by atoms with Crippen LogP contribution < -0.4 is 10.7 Å². The van der Waals surface area contributed by atoms with Crippen LogP contribution in [0.3, 0.4) is 0 Å². The van der Waals surface area contributed by atoms with Gasteiger partial charge in [0.25, 0.3) is 0 Å². The summed E-state index contributed by atoms with van der Waals surface area (Å²) in [5.41, 5.74) is 5.09. The number of anilines is 2. The fourth-order valence-corrected chi connectivity index (χ4v) is 0.896. The Labute approximate surface area is 72.6 Å². The van der Waals surface area contributed by atoms with Gasteiger partial charge >= 0.3 is 0 Å². The average Bonchev–Trinajstić information content (AvgIpc) is 2.03. The van der Waals surface area contributed by atoms with Crippen molar-refractivity contribution in [2.75, 3.05) is 31.9 Å². The van der Waals surface area contributed by atoms with Crippen molar-refractivity contribution in [1.82, 2.24) is 9.99 Å². The Hall–Kier alpha value is -1.29. The van der Waals surface area contributed by atoms with Gasteiger partial charge in [0, 0.05) is 21.1 Å². The van der Waals surface area contributed by atoms with E-state index >= 15 is 0 Å². The fraction of sp³-hybridized carbons (Fsp3) is 0.375. The van der Waals surface area contributed by atoms with E-state index in [1.54, 1.807) is 12.4 Å². The van der Waals surface area contributed by atoms with Crippen molar-refractivity contribution in [1.29, 1.82) is 0 Å². The zero-order valence-corrected chi connectivity index (χ0v) is 7.63. The van der Waals surface area contributed by atoms with Gasteiger partial charge in [-0.2, -0.15) is 0 Å². The van der Waals surface area contributed by atoms with Crippen LogP contribution in [0, 0.1) is 0 Å². The highest BCUT2D eigenvalue weighted by Gasteiger charge is 1.94. The zero-order valence-electron chi connectivity index (χ0n) is 7.63. The predicted octanol–water partition coefficient (Wildman–Crippen LogP) is 1.01. The van der Waals surface area contributed by atoms with Crippen LogP contribution in [0.4, 0.5) is 11.4 Å². The summed E-state index contributed by atoms with van der Waals surface area (Å²) in [7, 11) is 5.74. The van der Waals surface area contributed by atoms with Crippen LogP contribution in [0.1, 0.15) is 0 Å². The van der Waals surface area contributed by atoms with Gasteiger partial charge < -0.3 is 10.7 Å². The molecule has 0 aliphatic carbocycles. The number of hydrogen-bond acceptors (Lipinski definition) is 4. The molecule has 0 unspecified atom stereocenters. The van der Waals surface area contributed by atoms with Crippen LogP contribution >= 0.6 is 0 Å². The third-order valence-corrected chi connectivity index (χ3v) is 1.38. The van der Waals surface area contributed by atoms with Gasteiger partial charge in [0.1, 0.15) is 0 Å². The number of aromatic nitrogens is 1. The number of nitrogens with zero attached hydrogens (tertiary/aromatic N) is 2. The molecule has 0 aromatic carbocycles. The van der Waals surface area contributed by atoms with Crippen molar-refractivity contribution in [2.24, 2.45) is 0 Å². The number of pyridine rings is 1. The number of rotatable bonds is 3. The topological polar surface area (TPSA) is 40.2 Å². The summed E-state index contributed by atoms with van der Waals surface area (Å²) in [6.07, 6.45) is 3.56. The lowest BCUT2D eigenvalue weighted by Crippen LogP contribution is -2.19. The third-order valence-electron chi connectivity index (χ3n) is 1.38. The van der Waals surface area contributed by atoms with Crippen molar-refractivity contribution in [3.63, 3.8) is 0 Å². The van der Waals surface area contributed by atoms with Crippen molar-refractivity contribution in [2.45, 2.75) is 0 Å². The van der Waals surface area contributed by atoms with Crippen LogP contribution in [0.5, 0.6) is 0 Å². The standard InChI is InChI=1S/C8H14N4/c1-9-7-4-8(6-10-5-7)11-12(2)3/h4-6,9,11H,1-3H3. The van der Waals surface area contributed by atoms with Gasteiger partial charge in [-0.05, 0) is 6.07 Å². The Morgan fingerprint density at radius 2 is 1.92 bits per heavy atom. The molecule has 0 saturated heterocycles. The summed E-state index contributed by atoms with van der Waals surface area (Å²) >= 11 is 0. The van der Waals surface area contributed by atoms with Gasteiger partial charge in [-0.3, -0.25) is 4.98 Å². The third kappa shape index (κ3) is 2.39. The molecule has 0 amide bonds. The minimum absolute atomic E-state index is 0.979. The zero-order chi connectivity index (χ0) is 8.97. The maximum Gasteiger partial charge on any atom is 0.0693 e. The van der Waals surface area contributed by atoms with Crippen LogP contribution in [-0.4, -0.2) is 31.1 Å². The fourth-order valence-electron chi connectivity index (χ4n) is 0.896. The maximum absolute atomic E-state index is 4.06. The molecule has 0 radical (unpaired) electrons. The Morgan fingerprint density at radius 1 is 1.25 bits per heavy atom. The number of nitrogens with one attached hydrogen (secondary N) is 2. The molecule has 1 aromatic rings. The Bertz CT molecular complexity index is 247. The van der Waals surface area contributed by atoms with Gasteiger partial charge in [0.15, 0.2) is 0 Å². The van der Waals surface area contributed by atoms with E-state index in [9.17, 15) is 0 Å². The number of hydrazine groups is 1. The van der Waals surface area contributed by atoms with E-state index in [0.29, 0.717) is 0 Å². The lowest BCUT2D eigenvalue weighted by atomic mass is 10.4. The molecule has 4 nitrogen and oxygen atoms in total. The monoisotopic (exact) mass is 166 g/mol. The average molecular weight is 166 g/mol. The molecule has 12 heavy (non-hydrogen) atoms. The highest BCUT2D eigenvalue weighted by molar-refractivity contribution is 5.52. The van der Waals surface area contributed by atoms with E-state index in [-0.39, 0.29) is 0 Å². The molecule has 0 bridgehead atoms. The smallest absolute Gasteiger partial charge is 0.0693 e. The lowest BCUT2D eigenvalue weighted by molar-refractivity contribution is 0.495. The highest BCUT2D eigenvalue weighted by Crippen LogP contribution is 2.11. The molecule has 0 atom stereocenters. The quantitative estimate of drug-likeness (QED) is 0.657. The Morgan fingerprint density at radius 3 is 2.50 bits per heavy atom. The molecular formula is C8H14N4. The Kier molecular flexibility index (Phi) is 2.88. The first-order chi connectivity index (χ1) is 5.72. The molecule has 0 aliphatic heterocycles. The van der Waals surface area contributed by atoms with E-state index in [1.165, 1.54) is 0 Å². The minimum atomic E-state index is 0.979. The molecule has 4 heteroatoms. The van der Waals surface area contributed by atoms with Crippen LogP contribution in [0.15, 0.2) is 18.5 Å². The normalized spacial score (nSPS) is 10.0. The largest absolute Gasteiger partial charge is 0.387 e. The minimum Gasteiger partial charge on any atom is -0.387 e. The number of hydrogen-bond donors (Lipinski definition) is 2. The first-order valence-corrected chi connectivity index (χ1v) is 3.79. The van der Waals surface area contributed by atoms with Crippen LogP contribution in [0.25, 0.3) is 0 Å².